The molecule has 1 aromatic carbocycles. The van der Waals surface area contributed by atoms with E-state index < -0.39 is 0 Å². The molecule has 100 valence electrons. The lowest BCUT2D eigenvalue weighted by atomic mass is 10.00. The minimum absolute atomic E-state index is 0.129. The van der Waals surface area contributed by atoms with E-state index in [2.05, 4.69) is 32.6 Å². The average Bonchev–Trinajstić information content (AvgIpc) is 2.26. The van der Waals surface area contributed by atoms with E-state index in [-0.39, 0.29) is 17.7 Å². The van der Waals surface area contributed by atoms with Gasteiger partial charge in [0.25, 0.3) is 0 Å². The maximum atomic E-state index is 9.95. The summed E-state index contributed by atoms with van der Waals surface area (Å²) in [5, 5.41) is 9.95. The van der Waals surface area contributed by atoms with Crippen molar-refractivity contribution in [2.45, 2.75) is 45.4 Å². The van der Waals surface area contributed by atoms with E-state index >= 15 is 0 Å². The number of morpholine rings is 1. The molecule has 2 rings (SSSR count). The molecule has 1 aromatic rings. The molecule has 0 saturated carbocycles. The first kappa shape index (κ1) is 13.4. The number of benzene rings is 1. The fourth-order valence-corrected chi connectivity index (χ4v) is 2.84. The smallest absolute Gasteiger partial charge is 0.120 e. The highest BCUT2D eigenvalue weighted by Crippen LogP contribution is 2.32. The largest absolute Gasteiger partial charge is 0.508 e. The summed E-state index contributed by atoms with van der Waals surface area (Å²) in [4.78, 5) is 2.38. The lowest BCUT2D eigenvalue weighted by Gasteiger charge is -2.44. The van der Waals surface area contributed by atoms with Gasteiger partial charge in [-0.25, -0.2) is 0 Å². The monoisotopic (exact) mass is 249 g/mol. The summed E-state index contributed by atoms with van der Waals surface area (Å²) in [5.74, 6) is 0.377. The zero-order chi connectivity index (χ0) is 13.3. The van der Waals surface area contributed by atoms with Crippen molar-refractivity contribution in [3.63, 3.8) is 0 Å². The minimum atomic E-state index is -0.129. The van der Waals surface area contributed by atoms with Crippen LogP contribution in [0.1, 0.15) is 39.3 Å². The first-order chi connectivity index (χ1) is 8.39. The van der Waals surface area contributed by atoms with Crippen LogP contribution >= 0.6 is 0 Å². The Labute approximate surface area is 109 Å². The van der Waals surface area contributed by atoms with Crippen LogP contribution in [0.3, 0.4) is 0 Å². The zero-order valence-electron chi connectivity index (χ0n) is 11.7. The Kier molecular flexibility index (Phi) is 3.64. The first-order valence-corrected chi connectivity index (χ1v) is 6.59. The fraction of sp³-hybridized carbons (Fsp3) is 0.600. The van der Waals surface area contributed by atoms with Crippen LogP contribution in [0.5, 0.6) is 5.75 Å². The number of aromatic hydroxyl groups is 1. The van der Waals surface area contributed by atoms with Gasteiger partial charge in [-0.15, -0.1) is 0 Å². The number of hydrogen-bond donors (Lipinski definition) is 1. The number of phenolic OH excluding ortho intramolecular Hbond substituents is 1. The Morgan fingerprint density at radius 2 is 2.06 bits per heavy atom. The fourth-order valence-electron chi connectivity index (χ4n) is 2.84. The Morgan fingerprint density at radius 3 is 2.67 bits per heavy atom. The molecule has 1 fully saturated rings. The molecule has 3 nitrogen and oxygen atoms in total. The second-order valence-corrected chi connectivity index (χ2v) is 5.85. The third-order valence-electron chi connectivity index (χ3n) is 3.53. The van der Waals surface area contributed by atoms with E-state index in [1.165, 1.54) is 0 Å². The van der Waals surface area contributed by atoms with Gasteiger partial charge in [-0.2, -0.15) is 0 Å². The van der Waals surface area contributed by atoms with Gasteiger partial charge in [0, 0.05) is 24.7 Å². The molecule has 18 heavy (non-hydrogen) atoms. The molecule has 1 heterocycles. The van der Waals surface area contributed by atoms with E-state index in [1.54, 1.807) is 6.07 Å². The third kappa shape index (κ3) is 2.85. The standard InChI is InChI=1S/C15H23NO2/c1-11-9-16(10-15(3,4)18-11)12(2)13-7-5-6-8-14(13)17/h5-8,11-12,17H,9-10H2,1-4H3. The highest BCUT2D eigenvalue weighted by atomic mass is 16.5. The summed E-state index contributed by atoms with van der Waals surface area (Å²) >= 11 is 0. The van der Waals surface area contributed by atoms with Crippen molar-refractivity contribution in [3.05, 3.63) is 29.8 Å². The quantitative estimate of drug-likeness (QED) is 0.874. The third-order valence-corrected chi connectivity index (χ3v) is 3.53. The number of para-hydroxylation sites is 1. The summed E-state index contributed by atoms with van der Waals surface area (Å²) in [6, 6.07) is 7.78. The molecule has 3 heteroatoms. The van der Waals surface area contributed by atoms with Crippen molar-refractivity contribution in [1.82, 2.24) is 4.90 Å². The van der Waals surface area contributed by atoms with Crippen molar-refractivity contribution < 1.29 is 9.84 Å². The summed E-state index contributed by atoms with van der Waals surface area (Å²) < 4.78 is 5.92. The molecule has 0 bridgehead atoms. The van der Waals surface area contributed by atoms with Crippen LogP contribution < -0.4 is 0 Å². The Balaban J connectivity index is 2.18. The molecule has 0 aliphatic carbocycles. The lowest BCUT2D eigenvalue weighted by molar-refractivity contribution is -0.137. The van der Waals surface area contributed by atoms with E-state index in [9.17, 15) is 5.11 Å². The van der Waals surface area contributed by atoms with Gasteiger partial charge in [0.15, 0.2) is 0 Å². The second kappa shape index (κ2) is 4.90. The minimum Gasteiger partial charge on any atom is -0.508 e. The molecule has 0 amide bonds. The Morgan fingerprint density at radius 1 is 1.39 bits per heavy atom. The van der Waals surface area contributed by atoms with Gasteiger partial charge in [-0.05, 0) is 33.8 Å². The molecular weight excluding hydrogens is 226 g/mol. The maximum Gasteiger partial charge on any atom is 0.120 e. The molecule has 1 N–H and O–H groups in total. The van der Waals surface area contributed by atoms with Gasteiger partial charge < -0.3 is 9.84 Å². The van der Waals surface area contributed by atoms with Crippen molar-refractivity contribution in [1.29, 1.82) is 0 Å². The first-order valence-electron chi connectivity index (χ1n) is 6.59. The molecule has 2 unspecified atom stereocenters. The molecule has 1 aliphatic rings. The molecular formula is C15H23NO2. The summed E-state index contributed by atoms with van der Waals surface area (Å²) in [6.07, 6.45) is 0.224. The predicted molar refractivity (Wildman–Crippen MR) is 72.7 cm³/mol. The van der Waals surface area contributed by atoms with Crippen molar-refractivity contribution in [3.8, 4) is 5.75 Å². The summed E-state index contributed by atoms with van der Waals surface area (Å²) in [5.41, 5.74) is 0.860. The van der Waals surface area contributed by atoms with Crippen LogP contribution in [-0.4, -0.2) is 34.8 Å². The van der Waals surface area contributed by atoms with Gasteiger partial charge in [-0.1, -0.05) is 18.2 Å². The van der Waals surface area contributed by atoms with Crippen LogP contribution in [-0.2, 0) is 4.74 Å². The number of nitrogens with zero attached hydrogens (tertiary/aromatic N) is 1. The van der Waals surface area contributed by atoms with Crippen molar-refractivity contribution >= 4 is 0 Å². The number of hydrogen-bond acceptors (Lipinski definition) is 3. The van der Waals surface area contributed by atoms with E-state index in [0.717, 1.165) is 18.7 Å². The summed E-state index contributed by atoms with van der Waals surface area (Å²) in [6.45, 7) is 10.3. The van der Waals surface area contributed by atoms with E-state index in [1.807, 2.05) is 18.2 Å². The zero-order valence-corrected chi connectivity index (χ0v) is 11.7. The van der Waals surface area contributed by atoms with E-state index in [0.29, 0.717) is 5.75 Å². The van der Waals surface area contributed by atoms with Gasteiger partial charge in [0.2, 0.25) is 0 Å². The molecule has 1 aliphatic heterocycles. The van der Waals surface area contributed by atoms with Gasteiger partial charge in [0.05, 0.1) is 11.7 Å². The van der Waals surface area contributed by atoms with Crippen LogP contribution in [0.15, 0.2) is 24.3 Å². The maximum absolute atomic E-state index is 9.95. The Bertz CT molecular complexity index is 417. The predicted octanol–water partition coefficient (Wildman–Crippen LogP) is 2.95. The molecule has 0 radical (unpaired) electrons. The van der Waals surface area contributed by atoms with E-state index in [4.69, 9.17) is 4.74 Å². The van der Waals surface area contributed by atoms with Crippen LogP contribution in [0.4, 0.5) is 0 Å². The van der Waals surface area contributed by atoms with Gasteiger partial charge in [-0.3, -0.25) is 4.90 Å². The normalized spacial score (nSPS) is 25.9. The van der Waals surface area contributed by atoms with Crippen molar-refractivity contribution in [2.75, 3.05) is 13.1 Å². The molecule has 0 aromatic heterocycles. The second-order valence-electron chi connectivity index (χ2n) is 5.85. The number of rotatable bonds is 2. The molecule has 0 spiro atoms. The number of ether oxygens (including phenoxy) is 1. The average molecular weight is 249 g/mol. The highest BCUT2D eigenvalue weighted by Gasteiger charge is 2.34. The van der Waals surface area contributed by atoms with Crippen LogP contribution in [0.2, 0.25) is 0 Å². The van der Waals surface area contributed by atoms with Gasteiger partial charge >= 0.3 is 0 Å². The van der Waals surface area contributed by atoms with Crippen LogP contribution in [0.25, 0.3) is 0 Å². The summed E-state index contributed by atoms with van der Waals surface area (Å²) in [7, 11) is 0. The Hall–Kier alpha value is -1.06. The van der Waals surface area contributed by atoms with Crippen molar-refractivity contribution in [2.24, 2.45) is 0 Å². The molecule has 1 saturated heterocycles. The highest BCUT2D eigenvalue weighted by molar-refractivity contribution is 5.34. The topological polar surface area (TPSA) is 32.7 Å². The lowest BCUT2D eigenvalue weighted by Crippen LogP contribution is -2.52. The SMILES string of the molecule is CC1CN(C(C)c2ccccc2O)CC(C)(C)O1. The van der Waals surface area contributed by atoms with Gasteiger partial charge in [0.1, 0.15) is 5.75 Å². The van der Waals surface area contributed by atoms with Crippen LogP contribution in [0, 0.1) is 0 Å². The molecule has 2 atom stereocenters. The number of phenols is 1.